The van der Waals surface area contributed by atoms with Gasteiger partial charge >= 0.3 is 0 Å². The molecule has 2 aliphatic rings. The molecule has 0 aromatic heterocycles. The first-order valence-corrected chi connectivity index (χ1v) is 9.59. The molecule has 1 fully saturated rings. The maximum Gasteiger partial charge on any atom is 0.225 e. The number of carbonyl (C=O) groups is 1. The van der Waals surface area contributed by atoms with E-state index in [0.717, 1.165) is 24.1 Å². The summed E-state index contributed by atoms with van der Waals surface area (Å²) in [5.74, 6) is 2.04. The Morgan fingerprint density at radius 2 is 2.04 bits per heavy atom. The number of nitrogens with one attached hydrogen (secondary N) is 3. The Labute approximate surface area is 150 Å². The summed E-state index contributed by atoms with van der Waals surface area (Å²) in [6.45, 7) is 1.67. The lowest BCUT2D eigenvalue weighted by atomic mass is 9.90. The van der Waals surface area contributed by atoms with Crippen LogP contribution in [0, 0.1) is 5.92 Å². The number of benzene rings is 1. The summed E-state index contributed by atoms with van der Waals surface area (Å²) in [6, 6.07) is 8.05. The minimum atomic E-state index is 0.0880. The average Bonchev–Trinajstić information content (AvgIpc) is 3.14. The summed E-state index contributed by atoms with van der Waals surface area (Å²) in [7, 11) is 1.80. The van der Waals surface area contributed by atoms with Gasteiger partial charge in [-0.2, -0.15) is 0 Å². The van der Waals surface area contributed by atoms with Crippen molar-refractivity contribution in [1.82, 2.24) is 10.6 Å². The second-order valence-electron chi connectivity index (χ2n) is 7.21. The lowest BCUT2D eigenvalue weighted by molar-refractivity contribution is -0.116. The number of hydrogen-bond acceptors (Lipinski definition) is 2. The molecular formula is C20H30N4O. The number of rotatable bonds is 6. The zero-order valence-electron chi connectivity index (χ0n) is 15.2. The highest BCUT2D eigenvalue weighted by atomic mass is 16.1. The van der Waals surface area contributed by atoms with Crippen molar-refractivity contribution in [3.63, 3.8) is 0 Å². The first-order chi connectivity index (χ1) is 12.3. The second kappa shape index (κ2) is 8.88. The molecule has 1 aliphatic heterocycles. The van der Waals surface area contributed by atoms with Gasteiger partial charge < -0.3 is 16.0 Å². The number of aliphatic imine (C=N–C) groups is 1. The van der Waals surface area contributed by atoms with Crippen molar-refractivity contribution in [1.29, 1.82) is 0 Å². The SMILES string of the molecule is CN=C(NCCCC1CCCC1)NCC1CC(=O)Nc2ccccc21. The van der Waals surface area contributed by atoms with Crippen molar-refractivity contribution >= 4 is 17.6 Å². The molecule has 0 saturated heterocycles. The number of nitrogens with zero attached hydrogens (tertiary/aromatic N) is 1. The number of carbonyl (C=O) groups excluding carboxylic acids is 1. The van der Waals surface area contributed by atoms with Crippen LogP contribution >= 0.6 is 0 Å². The average molecular weight is 342 g/mol. The normalized spacial score (nSPS) is 20.9. The topological polar surface area (TPSA) is 65.5 Å². The van der Waals surface area contributed by atoms with Gasteiger partial charge in [0.15, 0.2) is 5.96 Å². The van der Waals surface area contributed by atoms with Crippen molar-refractivity contribution in [2.45, 2.75) is 50.9 Å². The maximum atomic E-state index is 11.9. The summed E-state index contributed by atoms with van der Waals surface area (Å²) < 4.78 is 0. The summed E-state index contributed by atoms with van der Waals surface area (Å²) in [4.78, 5) is 16.2. The molecule has 1 saturated carbocycles. The fourth-order valence-corrected chi connectivity index (χ4v) is 4.02. The lowest BCUT2D eigenvalue weighted by Gasteiger charge is -2.26. The third-order valence-corrected chi connectivity index (χ3v) is 5.40. The fraction of sp³-hybridized carbons (Fsp3) is 0.600. The van der Waals surface area contributed by atoms with Gasteiger partial charge in [0.25, 0.3) is 0 Å². The first kappa shape index (κ1) is 17.8. The standard InChI is InChI=1S/C20H30N4O/c1-21-20(22-12-6-9-15-7-2-3-8-15)23-14-16-13-19(25)24-18-11-5-4-10-17(16)18/h4-5,10-11,15-16H,2-3,6-9,12-14H2,1H3,(H,24,25)(H2,21,22,23). The first-order valence-electron chi connectivity index (χ1n) is 9.59. The zero-order chi connectivity index (χ0) is 17.5. The van der Waals surface area contributed by atoms with Gasteiger partial charge in [0.2, 0.25) is 5.91 Å². The number of para-hydroxylation sites is 1. The van der Waals surface area contributed by atoms with E-state index < -0.39 is 0 Å². The monoisotopic (exact) mass is 342 g/mol. The molecule has 3 rings (SSSR count). The minimum Gasteiger partial charge on any atom is -0.356 e. The summed E-state index contributed by atoms with van der Waals surface area (Å²) >= 11 is 0. The Hall–Kier alpha value is -2.04. The second-order valence-corrected chi connectivity index (χ2v) is 7.21. The molecule has 1 aliphatic carbocycles. The van der Waals surface area contributed by atoms with E-state index in [2.05, 4.69) is 27.0 Å². The Balaban J connectivity index is 1.44. The van der Waals surface area contributed by atoms with Crippen LogP contribution in [0.5, 0.6) is 0 Å². The predicted molar refractivity (Wildman–Crippen MR) is 103 cm³/mol. The van der Waals surface area contributed by atoms with Crippen LogP contribution in [0.15, 0.2) is 29.3 Å². The van der Waals surface area contributed by atoms with Crippen LogP contribution in [0.2, 0.25) is 0 Å². The highest BCUT2D eigenvalue weighted by Crippen LogP contribution is 2.31. The molecule has 1 aromatic carbocycles. The van der Waals surface area contributed by atoms with Gasteiger partial charge in [-0.05, 0) is 30.4 Å². The van der Waals surface area contributed by atoms with Gasteiger partial charge in [-0.15, -0.1) is 0 Å². The Bertz CT molecular complexity index is 607. The van der Waals surface area contributed by atoms with Gasteiger partial charge in [-0.3, -0.25) is 9.79 Å². The zero-order valence-corrected chi connectivity index (χ0v) is 15.2. The number of guanidine groups is 1. The van der Waals surface area contributed by atoms with Gasteiger partial charge in [0.05, 0.1) is 0 Å². The van der Waals surface area contributed by atoms with Gasteiger partial charge in [0, 0.05) is 38.2 Å². The molecule has 0 radical (unpaired) electrons. The fourth-order valence-electron chi connectivity index (χ4n) is 4.02. The van der Waals surface area contributed by atoms with E-state index in [1.54, 1.807) is 7.05 Å². The van der Waals surface area contributed by atoms with Gasteiger partial charge in [0.1, 0.15) is 0 Å². The Morgan fingerprint density at radius 1 is 1.24 bits per heavy atom. The van der Waals surface area contributed by atoms with Crippen LogP contribution in [-0.4, -0.2) is 32.0 Å². The largest absolute Gasteiger partial charge is 0.356 e. The van der Waals surface area contributed by atoms with Gasteiger partial charge in [-0.25, -0.2) is 0 Å². The van der Waals surface area contributed by atoms with Crippen molar-refractivity contribution in [3.8, 4) is 0 Å². The Kier molecular flexibility index (Phi) is 6.31. The molecule has 5 nitrogen and oxygen atoms in total. The molecule has 1 amide bonds. The number of anilines is 1. The quantitative estimate of drug-likeness (QED) is 0.422. The highest BCUT2D eigenvalue weighted by Gasteiger charge is 2.24. The molecule has 5 heteroatoms. The van der Waals surface area contributed by atoms with Crippen molar-refractivity contribution in [2.24, 2.45) is 10.9 Å². The molecule has 0 spiro atoms. The predicted octanol–water partition coefficient (Wildman–Crippen LogP) is 3.25. The van der Waals surface area contributed by atoms with Crippen LogP contribution in [0.4, 0.5) is 5.69 Å². The van der Waals surface area contributed by atoms with Crippen LogP contribution in [-0.2, 0) is 4.79 Å². The molecule has 3 N–H and O–H groups in total. The van der Waals surface area contributed by atoms with E-state index in [4.69, 9.17) is 0 Å². The summed E-state index contributed by atoms with van der Waals surface area (Å²) in [5.41, 5.74) is 2.14. The smallest absolute Gasteiger partial charge is 0.225 e. The third kappa shape index (κ3) is 4.97. The van der Waals surface area contributed by atoms with Crippen LogP contribution < -0.4 is 16.0 Å². The van der Waals surface area contributed by atoms with Crippen molar-refractivity contribution < 1.29 is 4.79 Å². The van der Waals surface area contributed by atoms with E-state index in [-0.39, 0.29) is 11.8 Å². The van der Waals surface area contributed by atoms with Gasteiger partial charge in [-0.1, -0.05) is 43.9 Å². The van der Waals surface area contributed by atoms with E-state index in [1.165, 1.54) is 44.1 Å². The van der Waals surface area contributed by atoms with Crippen LogP contribution in [0.25, 0.3) is 0 Å². The minimum absolute atomic E-state index is 0.0880. The van der Waals surface area contributed by atoms with E-state index >= 15 is 0 Å². The summed E-state index contributed by atoms with van der Waals surface area (Å²) in [6.07, 6.45) is 8.69. The maximum absolute atomic E-state index is 11.9. The molecule has 1 heterocycles. The van der Waals surface area contributed by atoms with E-state index in [9.17, 15) is 4.79 Å². The summed E-state index contributed by atoms with van der Waals surface area (Å²) in [5, 5.41) is 9.74. The number of hydrogen-bond donors (Lipinski definition) is 3. The van der Waals surface area contributed by atoms with Crippen LogP contribution in [0.1, 0.15) is 56.4 Å². The molecule has 0 bridgehead atoms. The molecule has 1 unspecified atom stereocenters. The molecule has 1 atom stereocenters. The lowest BCUT2D eigenvalue weighted by Crippen LogP contribution is -2.41. The number of fused-ring (bicyclic) bond motifs is 1. The molecule has 136 valence electrons. The van der Waals surface area contributed by atoms with E-state index in [1.807, 2.05) is 18.2 Å². The van der Waals surface area contributed by atoms with Crippen molar-refractivity contribution in [2.75, 3.05) is 25.5 Å². The Morgan fingerprint density at radius 3 is 2.84 bits per heavy atom. The molecular weight excluding hydrogens is 312 g/mol. The third-order valence-electron chi connectivity index (χ3n) is 5.40. The van der Waals surface area contributed by atoms with E-state index in [0.29, 0.717) is 13.0 Å². The number of amides is 1. The van der Waals surface area contributed by atoms with Crippen LogP contribution in [0.3, 0.4) is 0 Å². The molecule has 1 aromatic rings. The van der Waals surface area contributed by atoms with Crippen molar-refractivity contribution in [3.05, 3.63) is 29.8 Å². The highest BCUT2D eigenvalue weighted by molar-refractivity contribution is 5.94. The molecule has 25 heavy (non-hydrogen) atoms.